The number of hydrogen-bond donors (Lipinski definition) is 2. The first-order valence-electron chi connectivity index (χ1n) is 12.9. The molecule has 2 aromatic carbocycles. The Balaban J connectivity index is 1.16. The lowest BCUT2D eigenvalue weighted by molar-refractivity contribution is -0.138. The second-order valence-corrected chi connectivity index (χ2v) is 10.1. The van der Waals surface area contributed by atoms with E-state index in [0.717, 1.165) is 50.1 Å². The Morgan fingerprint density at radius 2 is 1.63 bits per heavy atom. The second kappa shape index (κ2) is 10.8. The van der Waals surface area contributed by atoms with Gasteiger partial charge in [-0.15, -0.1) is 0 Å². The van der Waals surface area contributed by atoms with Crippen LogP contribution in [0.15, 0.2) is 54.6 Å². The van der Waals surface area contributed by atoms with E-state index < -0.39 is 0 Å². The molecule has 3 heterocycles. The zero-order chi connectivity index (χ0) is 24.2. The highest BCUT2D eigenvalue weighted by Crippen LogP contribution is 2.29. The summed E-state index contributed by atoms with van der Waals surface area (Å²) < 4.78 is 5.42. The number of nitrogens with zero attached hydrogens (tertiary/aromatic N) is 2. The number of para-hydroxylation sites is 1. The zero-order valence-corrected chi connectivity index (χ0v) is 20.5. The quantitative estimate of drug-likeness (QED) is 0.670. The van der Waals surface area contributed by atoms with E-state index in [1.807, 2.05) is 34.1 Å². The van der Waals surface area contributed by atoms with Crippen LogP contribution in [0.5, 0.6) is 5.75 Å². The van der Waals surface area contributed by atoms with Crippen LogP contribution in [0.3, 0.4) is 0 Å². The summed E-state index contributed by atoms with van der Waals surface area (Å²) in [4.78, 5) is 30.5. The van der Waals surface area contributed by atoms with Gasteiger partial charge in [-0.25, -0.2) is 5.43 Å². The Kier molecular flexibility index (Phi) is 7.35. The fraction of sp³-hybridized carbons (Fsp3) is 0.500. The number of hydrazine groups is 1. The van der Waals surface area contributed by atoms with Gasteiger partial charge in [-0.05, 0) is 43.2 Å². The molecule has 3 fully saturated rings. The summed E-state index contributed by atoms with van der Waals surface area (Å²) in [6.07, 6.45) is 4.32. The molecule has 3 aliphatic rings. The van der Waals surface area contributed by atoms with Crippen LogP contribution in [0.2, 0.25) is 0 Å². The molecule has 0 aromatic heterocycles. The minimum absolute atomic E-state index is 0.0833. The molecule has 0 radical (unpaired) electrons. The van der Waals surface area contributed by atoms with Crippen molar-refractivity contribution in [3.63, 3.8) is 0 Å². The molecule has 5 rings (SSSR count). The van der Waals surface area contributed by atoms with E-state index in [1.165, 1.54) is 5.56 Å². The number of hydrogen-bond acceptors (Lipinski definition) is 5. The van der Waals surface area contributed by atoms with Gasteiger partial charge in [-0.1, -0.05) is 48.5 Å². The van der Waals surface area contributed by atoms with Crippen molar-refractivity contribution in [1.82, 2.24) is 20.7 Å². The Bertz CT molecular complexity index is 1020. The summed E-state index contributed by atoms with van der Waals surface area (Å²) in [5.74, 6) is 1.71. The zero-order valence-electron chi connectivity index (χ0n) is 20.5. The summed E-state index contributed by atoms with van der Waals surface area (Å²) in [5.41, 5.74) is 8.89. The maximum atomic E-state index is 13.5. The number of piperidine rings is 2. The third-order valence-electron chi connectivity index (χ3n) is 7.96. The molecule has 7 nitrogen and oxygen atoms in total. The van der Waals surface area contributed by atoms with Crippen molar-refractivity contribution in [2.45, 2.75) is 44.2 Å². The summed E-state index contributed by atoms with van der Waals surface area (Å²) in [6.45, 7) is 2.92. The van der Waals surface area contributed by atoms with E-state index in [0.29, 0.717) is 25.4 Å². The lowest BCUT2D eigenvalue weighted by Gasteiger charge is -2.38. The molecule has 0 saturated carbocycles. The monoisotopic (exact) mass is 476 g/mol. The number of carbonyl (C=O) groups excluding carboxylic acids is 2. The van der Waals surface area contributed by atoms with Gasteiger partial charge in [0.1, 0.15) is 11.8 Å². The van der Waals surface area contributed by atoms with Crippen molar-refractivity contribution in [2.75, 3.05) is 33.3 Å². The van der Waals surface area contributed by atoms with Crippen molar-refractivity contribution in [3.05, 3.63) is 65.7 Å². The van der Waals surface area contributed by atoms with Gasteiger partial charge in [-0.3, -0.25) is 15.0 Å². The first-order valence-corrected chi connectivity index (χ1v) is 12.9. The van der Waals surface area contributed by atoms with E-state index in [1.54, 1.807) is 7.11 Å². The largest absolute Gasteiger partial charge is 0.496 e. The molecule has 3 unspecified atom stereocenters. The summed E-state index contributed by atoms with van der Waals surface area (Å²) in [5, 5.41) is 0. The van der Waals surface area contributed by atoms with Crippen LogP contribution in [0.1, 0.15) is 30.4 Å². The molecular weight excluding hydrogens is 440 g/mol. The average Bonchev–Trinajstić information content (AvgIpc) is 3.33. The van der Waals surface area contributed by atoms with Gasteiger partial charge in [-0.2, -0.15) is 0 Å². The first kappa shape index (κ1) is 23.8. The molecule has 3 aliphatic heterocycles. The number of ether oxygens (including phenoxy) is 1. The number of amides is 2. The number of methoxy groups -OCH3 is 1. The van der Waals surface area contributed by atoms with Crippen molar-refractivity contribution in [2.24, 2.45) is 11.8 Å². The summed E-state index contributed by atoms with van der Waals surface area (Å²) in [6, 6.07) is 18.2. The fourth-order valence-corrected chi connectivity index (χ4v) is 5.90. The van der Waals surface area contributed by atoms with E-state index in [4.69, 9.17) is 4.74 Å². The molecule has 0 aliphatic carbocycles. The van der Waals surface area contributed by atoms with Gasteiger partial charge in [0.15, 0.2) is 0 Å². The van der Waals surface area contributed by atoms with Crippen LogP contribution in [0.25, 0.3) is 0 Å². The first-order chi connectivity index (χ1) is 17.1. The molecular formula is C28H36N4O3. The van der Waals surface area contributed by atoms with E-state index in [9.17, 15) is 9.59 Å². The van der Waals surface area contributed by atoms with Gasteiger partial charge in [0.25, 0.3) is 0 Å². The van der Waals surface area contributed by atoms with Crippen molar-refractivity contribution < 1.29 is 14.3 Å². The topological polar surface area (TPSA) is 73.9 Å². The molecule has 2 amide bonds. The van der Waals surface area contributed by atoms with Gasteiger partial charge in [0, 0.05) is 43.7 Å². The molecule has 35 heavy (non-hydrogen) atoms. The Morgan fingerprint density at radius 1 is 0.914 bits per heavy atom. The lowest BCUT2D eigenvalue weighted by atomic mass is 9.86. The lowest BCUT2D eigenvalue weighted by Crippen LogP contribution is -2.54. The molecule has 186 valence electrons. The SMILES string of the molecule is COc1ccccc1CC(=O)N1CCC2NNC(C(=O)N3CCC(Cc4ccccc4)CC3)C2C1. The molecule has 0 spiro atoms. The van der Waals surface area contributed by atoms with E-state index in [2.05, 4.69) is 41.2 Å². The number of benzene rings is 2. The number of fused-ring (bicyclic) bond motifs is 1. The minimum atomic E-state index is -0.285. The van der Waals surface area contributed by atoms with Crippen molar-refractivity contribution in [1.29, 1.82) is 0 Å². The standard InChI is InChI=1S/C28H36N4O3/c1-35-25-10-6-5-9-22(25)18-26(33)32-16-13-24-23(19-32)27(30-29-24)28(34)31-14-11-21(12-15-31)17-20-7-3-2-4-8-20/h2-10,21,23-24,27,29-30H,11-19H2,1H3. The van der Waals surface area contributed by atoms with Gasteiger partial charge in [0.2, 0.25) is 11.8 Å². The van der Waals surface area contributed by atoms with Crippen molar-refractivity contribution in [3.8, 4) is 5.75 Å². The number of nitrogens with one attached hydrogen (secondary N) is 2. The Labute approximate surface area is 207 Å². The average molecular weight is 477 g/mol. The van der Waals surface area contributed by atoms with E-state index >= 15 is 0 Å². The smallest absolute Gasteiger partial charge is 0.241 e. The molecule has 2 aromatic rings. The molecule has 3 atom stereocenters. The van der Waals surface area contributed by atoms with Crippen LogP contribution >= 0.6 is 0 Å². The predicted molar refractivity (Wildman–Crippen MR) is 135 cm³/mol. The van der Waals surface area contributed by atoms with Gasteiger partial charge >= 0.3 is 0 Å². The highest BCUT2D eigenvalue weighted by Gasteiger charge is 2.45. The third-order valence-corrected chi connectivity index (χ3v) is 7.96. The van der Waals surface area contributed by atoms with Crippen LogP contribution in [0.4, 0.5) is 0 Å². The Hall–Kier alpha value is -2.90. The number of likely N-dealkylation sites (tertiary alicyclic amines) is 2. The molecule has 7 heteroatoms. The maximum absolute atomic E-state index is 13.5. The minimum Gasteiger partial charge on any atom is -0.496 e. The number of carbonyl (C=O) groups is 2. The van der Waals surface area contributed by atoms with Gasteiger partial charge < -0.3 is 14.5 Å². The summed E-state index contributed by atoms with van der Waals surface area (Å²) >= 11 is 0. The predicted octanol–water partition coefficient (Wildman–Crippen LogP) is 2.41. The van der Waals surface area contributed by atoms with Gasteiger partial charge in [0.05, 0.1) is 13.5 Å². The third kappa shape index (κ3) is 5.36. The molecule has 2 N–H and O–H groups in total. The highest BCUT2D eigenvalue weighted by molar-refractivity contribution is 5.83. The van der Waals surface area contributed by atoms with Crippen LogP contribution in [0, 0.1) is 11.8 Å². The summed E-state index contributed by atoms with van der Waals surface area (Å²) in [7, 11) is 1.63. The maximum Gasteiger partial charge on any atom is 0.241 e. The number of rotatable bonds is 6. The normalized spacial score (nSPS) is 24.8. The molecule has 0 bridgehead atoms. The fourth-order valence-electron chi connectivity index (χ4n) is 5.90. The van der Waals surface area contributed by atoms with Crippen molar-refractivity contribution >= 4 is 11.8 Å². The van der Waals surface area contributed by atoms with Crippen LogP contribution in [-0.4, -0.2) is 67.0 Å². The second-order valence-electron chi connectivity index (χ2n) is 10.1. The van der Waals surface area contributed by atoms with E-state index in [-0.39, 0.29) is 29.8 Å². The molecule has 3 saturated heterocycles. The Morgan fingerprint density at radius 3 is 2.40 bits per heavy atom. The highest BCUT2D eigenvalue weighted by atomic mass is 16.5. The van der Waals surface area contributed by atoms with Crippen LogP contribution in [-0.2, 0) is 22.4 Å². The van der Waals surface area contributed by atoms with Crippen LogP contribution < -0.4 is 15.6 Å².